The van der Waals surface area contributed by atoms with Crippen molar-refractivity contribution in [2.24, 2.45) is 0 Å². The number of esters is 1. The van der Waals surface area contributed by atoms with Crippen molar-refractivity contribution in [3.63, 3.8) is 0 Å². The van der Waals surface area contributed by atoms with E-state index < -0.39 is 0 Å². The minimum atomic E-state index is -0.249. The van der Waals surface area contributed by atoms with Crippen molar-refractivity contribution >= 4 is 16.7 Å². The highest BCUT2D eigenvalue weighted by Crippen LogP contribution is 2.17. The first-order chi connectivity index (χ1) is 10.3. The van der Waals surface area contributed by atoms with Crippen molar-refractivity contribution in [1.82, 2.24) is 0 Å². The monoisotopic (exact) mass is 278 g/mol. The SMILES string of the molecule is O=C(OCCC1=CCCC=C1)c1ccc2ccccc2c1. The zero-order valence-corrected chi connectivity index (χ0v) is 11.9. The van der Waals surface area contributed by atoms with Gasteiger partial charge in [-0.05, 0) is 41.3 Å². The van der Waals surface area contributed by atoms with Crippen LogP contribution in [0.2, 0.25) is 0 Å². The number of carbonyl (C=O) groups excluding carboxylic acids is 1. The molecule has 0 atom stereocenters. The fraction of sp³-hybridized carbons (Fsp3) is 0.211. The first-order valence-corrected chi connectivity index (χ1v) is 7.34. The molecule has 21 heavy (non-hydrogen) atoms. The molecular formula is C19H18O2. The summed E-state index contributed by atoms with van der Waals surface area (Å²) >= 11 is 0. The van der Waals surface area contributed by atoms with Gasteiger partial charge in [0.1, 0.15) is 0 Å². The van der Waals surface area contributed by atoms with Gasteiger partial charge in [0.2, 0.25) is 0 Å². The Kier molecular flexibility index (Phi) is 4.15. The van der Waals surface area contributed by atoms with Crippen LogP contribution in [0.3, 0.4) is 0 Å². The molecule has 0 amide bonds. The molecule has 0 N–H and O–H groups in total. The van der Waals surface area contributed by atoms with E-state index in [4.69, 9.17) is 4.74 Å². The molecule has 0 saturated carbocycles. The molecule has 0 fully saturated rings. The van der Waals surface area contributed by atoms with Crippen molar-refractivity contribution in [2.75, 3.05) is 6.61 Å². The molecular weight excluding hydrogens is 260 g/mol. The average Bonchev–Trinajstić information content (AvgIpc) is 2.55. The van der Waals surface area contributed by atoms with Gasteiger partial charge in [-0.3, -0.25) is 0 Å². The lowest BCUT2D eigenvalue weighted by Gasteiger charge is -2.08. The number of hydrogen-bond acceptors (Lipinski definition) is 2. The third kappa shape index (κ3) is 3.40. The van der Waals surface area contributed by atoms with Gasteiger partial charge in [-0.1, -0.05) is 48.6 Å². The van der Waals surface area contributed by atoms with Crippen LogP contribution in [-0.4, -0.2) is 12.6 Å². The van der Waals surface area contributed by atoms with Crippen LogP contribution in [0.15, 0.2) is 66.3 Å². The number of allylic oxidation sites excluding steroid dienone is 3. The van der Waals surface area contributed by atoms with Crippen LogP contribution >= 0.6 is 0 Å². The molecule has 0 aromatic heterocycles. The molecule has 0 radical (unpaired) electrons. The van der Waals surface area contributed by atoms with E-state index >= 15 is 0 Å². The van der Waals surface area contributed by atoms with Gasteiger partial charge in [0.25, 0.3) is 0 Å². The maximum Gasteiger partial charge on any atom is 0.338 e. The zero-order chi connectivity index (χ0) is 14.5. The summed E-state index contributed by atoms with van der Waals surface area (Å²) < 4.78 is 5.37. The van der Waals surface area contributed by atoms with Crippen LogP contribution in [0.25, 0.3) is 10.8 Å². The zero-order valence-electron chi connectivity index (χ0n) is 11.9. The Morgan fingerprint density at radius 2 is 1.90 bits per heavy atom. The third-order valence-corrected chi connectivity index (χ3v) is 3.68. The Labute approximate surface area is 124 Å². The van der Waals surface area contributed by atoms with E-state index in [0.717, 1.165) is 30.0 Å². The van der Waals surface area contributed by atoms with E-state index in [-0.39, 0.29) is 5.97 Å². The normalized spacial score (nSPS) is 14.0. The molecule has 2 aromatic carbocycles. The highest BCUT2D eigenvalue weighted by molar-refractivity contribution is 5.95. The van der Waals surface area contributed by atoms with Crippen LogP contribution in [0.5, 0.6) is 0 Å². The van der Waals surface area contributed by atoms with Crippen LogP contribution < -0.4 is 0 Å². The second-order valence-electron chi connectivity index (χ2n) is 5.21. The molecule has 0 heterocycles. The molecule has 3 rings (SSSR count). The first kappa shape index (κ1) is 13.6. The molecule has 2 nitrogen and oxygen atoms in total. The van der Waals surface area contributed by atoms with E-state index in [1.165, 1.54) is 5.57 Å². The lowest BCUT2D eigenvalue weighted by atomic mass is 10.1. The summed E-state index contributed by atoms with van der Waals surface area (Å²) in [6.45, 7) is 0.432. The molecule has 1 aliphatic rings. The summed E-state index contributed by atoms with van der Waals surface area (Å²) in [5.41, 5.74) is 1.87. The lowest BCUT2D eigenvalue weighted by Crippen LogP contribution is -2.07. The number of hydrogen-bond donors (Lipinski definition) is 0. The van der Waals surface area contributed by atoms with Crippen molar-refractivity contribution in [3.8, 4) is 0 Å². The fourth-order valence-electron chi connectivity index (χ4n) is 2.51. The fourth-order valence-corrected chi connectivity index (χ4v) is 2.51. The van der Waals surface area contributed by atoms with Gasteiger partial charge in [0.05, 0.1) is 12.2 Å². The smallest absolute Gasteiger partial charge is 0.338 e. The molecule has 0 bridgehead atoms. The van der Waals surface area contributed by atoms with Gasteiger partial charge >= 0.3 is 5.97 Å². The second kappa shape index (κ2) is 6.40. The number of ether oxygens (including phenoxy) is 1. The van der Waals surface area contributed by atoms with Gasteiger partial charge in [0, 0.05) is 6.42 Å². The number of carbonyl (C=O) groups is 1. The number of fused-ring (bicyclic) bond motifs is 1. The Morgan fingerprint density at radius 3 is 2.71 bits per heavy atom. The number of rotatable bonds is 4. The van der Waals surface area contributed by atoms with E-state index in [1.54, 1.807) is 0 Å². The lowest BCUT2D eigenvalue weighted by molar-refractivity contribution is 0.0510. The van der Waals surface area contributed by atoms with Gasteiger partial charge in [-0.15, -0.1) is 0 Å². The molecule has 2 aromatic rings. The van der Waals surface area contributed by atoms with E-state index in [1.807, 2.05) is 42.5 Å². The second-order valence-corrected chi connectivity index (χ2v) is 5.21. The van der Waals surface area contributed by atoms with Crippen molar-refractivity contribution in [1.29, 1.82) is 0 Å². The molecule has 106 valence electrons. The Bertz CT molecular complexity index is 710. The van der Waals surface area contributed by atoms with Crippen molar-refractivity contribution in [3.05, 3.63) is 71.8 Å². The summed E-state index contributed by atoms with van der Waals surface area (Å²) in [4.78, 5) is 12.1. The highest BCUT2D eigenvalue weighted by Gasteiger charge is 2.08. The highest BCUT2D eigenvalue weighted by atomic mass is 16.5. The largest absolute Gasteiger partial charge is 0.462 e. The predicted octanol–water partition coefficient (Wildman–Crippen LogP) is 4.66. The molecule has 1 aliphatic carbocycles. The maximum atomic E-state index is 12.1. The summed E-state index contributed by atoms with van der Waals surface area (Å²) in [5, 5.41) is 2.19. The van der Waals surface area contributed by atoms with Crippen molar-refractivity contribution in [2.45, 2.75) is 19.3 Å². The van der Waals surface area contributed by atoms with Crippen LogP contribution in [0, 0.1) is 0 Å². The molecule has 2 heteroatoms. The summed E-state index contributed by atoms with van der Waals surface area (Å²) in [6.07, 6.45) is 9.48. The Balaban J connectivity index is 1.61. The van der Waals surface area contributed by atoms with Gasteiger partial charge in [-0.2, -0.15) is 0 Å². The first-order valence-electron chi connectivity index (χ1n) is 7.34. The Hall–Kier alpha value is -2.35. The molecule has 0 aliphatic heterocycles. The summed E-state index contributed by atoms with van der Waals surface area (Å²) in [7, 11) is 0. The van der Waals surface area contributed by atoms with Crippen molar-refractivity contribution < 1.29 is 9.53 Å². The standard InChI is InChI=1S/C19H18O2/c20-19(21-13-12-15-6-2-1-3-7-15)18-11-10-16-8-4-5-9-17(16)14-18/h2,4-11,14H,1,3,12-13H2. The van der Waals surface area contributed by atoms with E-state index in [0.29, 0.717) is 12.2 Å². The summed E-state index contributed by atoms with van der Waals surface area (Å²) in [5.74, 6) is -0.249. The van der Waals surface area contributed by atoms with Crippen LogP contribution in [0.1, 0.15) is 29.6 Å². The van der Waals surface area contributed by atoms with Crippen LogP contribution in [0.4, 0.5) is 0 Å². The number of benzene rings is 2. The molecule has 0 spiro atoms. The molecule has 0 unspecified atom stereocenters. The van der Waals surface area contributed by atoms with E-state index in [9.17, 15) is 4.79 Å². The maximum absolute atomic E-state index is 12.1. The quantitative estimate of drug-likeness (QED) is 0.760. The minimum Gasteiger partial charge on any atom is -0.462 e. The van der Waals surface area contributed by atoms with Gasteiger partial charge < -0.3 is 4.74 Å². The van der Waals surface area contributed by atoms with E-state index in [2.05, 4.69) is 18.2 Å². The summed E-state index contributed by atoms with van der Waals surface area (Å²) in [6, 6.07) is 13.7. The predicted molar refractivity (Wildman–Crippen MR) is 85.3 cm³/mol. The average molecular weight is 278 g/mol. The van der Waals surface area contributed by atoms with Gasteiger partial charge in [0.15, 0.2) is 0 Å². The minimum absolute atomic E-state index is 0.249. The Morgan fingerprint density at radius 1 is 1.05 bits per heavy atom. The third-order valence-electron chi connectivity index (χ3n) is 3.68. The van der Waals surface area contributed by atoms with Gasteiger partial charge in [-0.25, -0.2) is 4.79 Å². The van der Waals surface area contributed by atoms with Crippen LogP contribution in [-0.2, 0) is 4.74 Å². The molecule has 0 saturated heterocycles. The topological polar surface area (TPSA) is 26.3 Å².